The number of rotatable bonds is 4. The maximum atomic E-state index is 15.1. The molecule has 4 heteroatoms. The molecule has 3 aromatic rings. The summed E-state index contributed by atoms with van der Waals surface area (Å²) >= 11 is 0. The summed E-state index contributed by atoms with van der Waals surface area (Å²) in [6.07, 6.45) is 2.53. The second-order valence-electron chi connectivity index (χ2n) is 6.90. The van der Waals surface area contributed by atoms with E-state index in [-0.39, 0.29) is 11.3 Å². The molecule has 4 rings (SSSR count). The zero-order chi connectivity index (χ0) is 19.7. The van der Waals surface area contributed by atoms with Gasteiger partial charge in [0.15, 0.2) is 0 Å². The van der Waals surface area contributed by atoms with Gasteiger partial charge in [0.1, 0.15) is 11.6 Å². The molecular weight excluding hydrogens is 353 g/mol. The van der Waals surface area contributed by atoms with Gasteiger partial charge in [-0.2, -0.15) is 5.26 Å². The number of fused-ring (bicyclic) bond motifs is 3. The summed E-state index contributed by atoms with van der Waals surface area (Å²) in [4.78, 5) is 12.5. The van der Waals surface area contributed by atoms with Crippen LogP contribution < -0.4 is 4.74 Å². The minimum atomic E-state index is -0.743. The summed E-state index contributed by atoms with van der Waals surface area (Å²) in [6, 6.07) is 17.7. The van der Waals surface area contributed by atoms with E-state index >= 15 is 4.39 Å². The van der Waals surface area contributed by atoms with Crippen molar-refractivity contribution in [1.29, 1.82) is 5.26 Å². The van der Waals surface area contributed by atoms with Gasteiger partial charge in [0.25, 0.3) is 0 Å². The van der Waals surface area contributed by atoms with Gasteiger partial charge in [0.05, 0.1) is 17.2 Å². The van der Waals surface area contributed by atoms with Gasteiger partial charge in [0, 0.05) is 12.0 Å². The average Bonchev–Trinajstić information content (AvgIpc) is 3.08. The molecule has 0 N–H and O–H groups in total. The van der Waals surface area contributed by atoms with Gasteiger partial charge < -0.3 is 4.74 Å². The van der Waals surface area contributed by atoms with Crippen LogP contribution in [0.25, 0.3) is 11.1 Å². The third kappa shape index (κ3) is 3.16. The molecule has 1 aliphatic rings. The van der Waals surface area contributed by atoms with Crippen LogP contribution in [0, 0.1) is 17.1 Å². The number of benzene rings is 3. The van der Waals surface area contributed by atoms with Crippen molar-refractivity contribution in [3.05, 3.63) is 88.2 Å². The molecule has 0 fully saturated rings. The van der Waals surface area contributed by atoms with E-state index in [1.807, 2.05) is 12.1 Å². The number of carbonyl (C=O) groups excluding carboxylic acids is 1. The number of hydrogen-bond acceptors (Lipinski definition) is 3. The maximum Gasteiger partial charge on any atom is 0.346 e. The van der Waals surface area contributed by atoms with Crippen LogP contribution in [0.1, 0.15) is 46.0 Å². The lowest BCUT2D eigenvalue weighted by Gasteiger charge is -2.08. The monoisotopic (exact) mass is 371 g/mol. The van der Waals surface area contributed by atoms with Gasteiger partial charge in [-0.3, -0.25) is 0 Å². The fraction of sp³-hybridized carbons (Fsp3) is 0.167. The van der Waals surface area contributed by atoms with Crippen LogP contribution >= 0.6 is 0 Å². The fourth-order valence-electron chi connectivity index (χ4n) is 3.65. The molecule has 3 nitrogen and oxygen atoms in total. The number of carbonyl (C=O) groups is 1. The molecule has 3 aromatic carbocycles. The predicted octanol–water partition coefficient (Wildman–Crippen LogP) is 5.44. The average molecular weight is 371 g/mol. The molecule has 0 radical (unpaired) electrons. The number of nitriles is 1. The Morgan fingerprint density at radius 2 is 1.86 bits per heavy atom. The largest absolute Gasteiger partial charge is 0.423 e. The molecule has 0 bridgehead atoms. The third-order valence-electron chi connectivity index (χ3n) is 5.02. The Labute approximate surface area is 163 Å². The Hall–Kier alpha value is -3.45. The zero-order valence-electron chi connectivity index (χ0n) is 15.5. The smallest absolute Gasteiger partial charge is 0.346 e. The summed E-state index contributed by atoms with van der Waals surface area (Å²) in [5.41, 5.74) is 5.13. The van der Waals surface area contributed by atoms with E-state index in [0.29, 0.717) is 17.5 Å². The summed E-state index contributed by atoms with van der Waals surface area (Å²) < 4.78 is 20.4. The van der Waals surface area contributed by atoms with Crippen molar-refractivity contribution in [2.24, 2.45) is 0 Å². The molecule has 0 aromatic heterocycles. The summed E-state index contributed by atoms with van der Waals surface area (Å²) in [7, 11) is 0. The molecule has 0 heterocycles. The van der Waals surface area contributed by atoms with Crippen LogP contribution in [0.2, 0.25) is 0 Å². The molecule has 0 spiro atoms. The Balaban J connectivity index is 1.61. The van der Waals surface area contributed by atoms with E-state index < -0.39 is 11.8 Å². The fourth-order valence-corrected chi connectivity index (χ4v) is 3.65. The number of ether oxygens (including phenoxy) is 1. The zero-order valence-corrected chi connectivity index (χ0v) is 15.5. The number of halogens is 1. The van der Waals surface area contributed by atoms with Gasteiger partial charge in [-0.1, -0.05) is 37.6 Å². The topological polar surface area (TPSA) is 50.1 Å². The van der Waals surface area contributed by atoms with Crippen LogP contribution in [0.15, 0.2) is 54.6 Å². The van der Waals surface area contributed by atoms with Crippen molar-refractivity contribution < 1.29 is 13.9 Å². The van der Waals surface area contributed by atoms with E-state index in [9.17, 15) is 4.79 Å². The number of nitrogens with zero attached hydrogens (tertiary/aromatic N) is 1. The van der Waals surface area contributed by atoms with Crippen LogP contribution in [0.4, 0.5) is 4.39 Å². The van der Waals surface area contributed by atoms with E-state index in [1.165, 1.54) is 23.8 Å². The SMILES string of the molecule is CCCc1ccc2c(c1)Cc1c-2ccc(C(=O)Oc2ccc(C#N)cc2)c1F. The van der Waals surface area contributed by atoms with Gasteiger partial charge in [0.2, 0.25) is 0 Å². The predicted molar refractivity (Wildman–Crippen MR) is 105 cm³/mol. The molecule has 138 valence electrons. The van der Waals surface area contributed by atoms with Crippen molar-refractivity contribution in [2.75, 3.05) is 0 Å². The van der Waals surface area contributed by atoms with Crippen molar-refractivity contribution in [2.45, 2.75) is 26.2 Å². The lowest BCUT2D eigenvalue weighted by Crippen LogP contribution is -2.12. The Kier molecular flexibility index (Phi) is 4.67. The quantitative estimate of drug-likeness (QED) is 0.354. The second kappa shape index (κ2) is 7.28. The highest BCUT2D eigenvalue weighted by molar-refractivity contribution is 5.93. The highest BCUT2D eigenvalue weighted by Crippen LogP contribution is 2.39. The molecule has 1 aliphatic carbocycles. The molecule has 0 unspecified atom stereocenters. The van der Waals surface area contributed by atoms with Crippen molar-refractivity contribution >= 4 is 5.97 Å². The maximum absolute atomic E-state index is 15.1. The van der Waals surface area contributed by atoms with Crippen LogP contribution in [0.3, 0.4) is 0 Å². The first-order valence-electron chi connectivity index (χ1n) is 9.26. The standard InChI is InChI=1S/C24H18FNO2/c1-2-3-15-6-9-19-17(12-15)13-22-20(19)10-11-21(23(22)25)24(27)28-18-7-4-16(14-26)5-8-18/h4-12H,2-3,13H2,1H3. The Bertz CT molecular complexity index is 1110. The minimum Gasteiger partial charge on any atom is -0.423 e. The second-order valence-corrected chi connectivity index (χ2v) is 6.90. The van der Waals surface area contributed by atoms with Crippen LogP contribution in [-0.4, -0.2) is 5.97 Å². The summed E-state index contributed by atoms with van der Waals surface area (Å²) in [5, 5.41) is 8.83. The Morgan fingerprint density at radius 3 is 2.57 bits per heavy atom. The number of hydrogen-bond donors (Lipinski definition) is 0. The highest BCUT2D eigenvalue weighted by atomic mass is 19.1. The van der Waals surface area contributed by atoms with E-state index in [1.54, 1.807) is 18.2 Å². The van der Waals surface area contributed by atoms with E-state index in [2.05, 4.69) is 19.1 Å². The van der Waals surface area contributed by atoms with Gasteiger partial charge in [-0.25, -0.2) is 9.18 Å². The molecule has 0 atom stereocenters. The first-order chi connectivity index (χ1) is 13.6. The van der Waals surface area contributed by atoms with E-state index in [0.717, 1.165) is 29.5 Å². The molecule has 0 saturated carbocycles. The first kappa shape index (κ1) is 17.9. The lowest BCUT2D eigenvalue weighted by molar-refractivity contribution is 0.0729. The van der Waals surface area contributed by atoms with Crippen molar-refractivity contribution in [3.8, 4) is 22.9 Å². The van der Waals surface area contributed by atoms with Crippen LogP contribution in [0.5, 0.6) is 5.75 Å². The Morgan fingerprint density at radius 1 is 1.11 bits per heavy atom. The van der Waals surface area contributed by atoms with Crippen LogP contribution in [-0.2, 0) is 12.8 Å². The molecular formula is C24H18FNO2. The van der Waals surface area contributed by atoms with Gasteiger partial charge in [-0.05, 0) is 59.0 Å². The molecule has 0 aliphatic heterocycles. The summed E-state index contributed by atoms with van der Waals surface area (Å²) in [6.45, 7) is 2.13. The van der Waals surface area contributed by atoms with E-state index in [4.69, 9.17) is 10.00 Å². The van der Waals surface area contributed by atoms with Gasteiger partial charge >= 0.3 is 5.97 Å². The number of aryl methyl sites for hydroxylation is 1. The van der Waals surface area contributed by atoms with Crippen molar-refractivity contribution in [3.63, 3.8) is 0 Å². The van der Waals surface area contributed by atoms with Gasteiger partial charge in [-0.15, -0.1) is 0 Å². The normalized spacial score (nSPS) is 11.5. The van der Waals surface area contributed by atoms with Crippen molar-refractivity contribution in [1.82, 2.24) is 0 Å². The summed E-state index contributed by atoms with van der Waals surface area (Å²) in [5.74, 6) is -0.992. The third-order valence-corrected chi connectivity index (χ3v) is 5.02. The number of esters is 1. The molecule has 28 heavy (non-hydrogen) atoms. The lowest BCUT2D eigenvalue weighted by atomic mass is 10.0. The first-order valence-corrected chi connectivity index (χ1v) is 9.26. The molecule has 0 saturated heterocycles. The molecule has 0 amide bonds. The highest BCUT2D eigenvalue weighted by Gasteiger charge is 2.26. The minimum absolute atomic E-state index is 0.0790.